The Bertz CT molecular complexity index is 386. The Morgan fingerprint density at radius 1 is 1.33 bits per heavy atom. The average molecular weight is 250 g/mol. The lowest BCUT2D eigenvalue weighted by molar-refractivity contribution is 0.173. The lowest BCUT2D eigenvalue weighted by Crippen LogP contribution is -2.47. The molecule has 18 heavy (non-hydrogen) atoms. The van der Waals surface area contributed by atoms with Gasteiger partial charge in [-0.25, -0.2) is 4.39 Å². The van der Waals surface area contributed by atoms with E-state index in [-0.39, 0.29) is 11.4 Å². The van der Waals surface area contributed by atoms with E-state index in [9.17, 15) is 4.39 Å². The highest BCUT2D eigenvalue weighted by Gasteiger charge is 2.27. The first-order valence-electron chi connectivity index (χ1n) is 6.70. The van der Waals surface area contributed by atoms with E-state index in [1.807, 2.05) is 12.1 Å². The Labute approximate surface area is 109 Å². The zero-order valence-corrected chi connectivity index (χ0v) is 11.5. The molecule has 1 aromatic carbocycles. The normalized spacial score (nSPS) is 24.8. The third kappa shape index (κ3) is 3.53. The van der Waals surface area contributed by atoms with Crippen molar-refractivity contribution >= 4 is 0 Å². The number of hydrogen-bond acceptors (Lipinski definition) is 2. The van der Waals surface area contributed by atoms with Crippen molar-refractivity contribution in [3.8, 4) is 0 Å². The molecule has 0 aliphatic carbocycles. The average Bonchev–Trinajstić information content (AvgIpc) is 2.42. The molecule has 1 fully saturated rings. The van der Waals surface area contributed by atoms with E-state index in [0.29, 0.717) is 6.04 Å². The van der Waals surface area contributed by atoms with Crippen LogP contribution in [0.3, 0.4) is 0 Å². The smallest absolute Gasteiger partial charge is 0.123 e. The summed E-state index contributed by atoms with van der Waals surface area (Å²) < 4.78 is 12.9. The van der Waals surface area contributed by atoms with E-state index in [1.54, 1.807) is 12.1 Å². The lowest BCUT2D eigenvalue weighted by atomic mass is 10.0. The fourth-order valence-electron chi connectivity index (χ4n) is 2.56. The lowest BCUT2D eigenvalue weighted by Gasteiger charge is -2.33. The SMILES string of the molecule is CC1CCNC(C)(C)CN1Cc1ccc(F)cc1. The van der Waals surface area contributed by atoms with Gasteiger partial charge < -0.3 is 5.32 Å². The Morgan fingerprint density at radius 2 is 2.00 bits per heavy atom. The molecule has 0 aromatic heterocycles. The summed E-state index contributed by atoms with van der Waals surface area (Å²) in [4.78, 5) is 2.48. The van der Waals surface area contributed by atoms with Gasteiger partial charge in [0.1, 0.15) is 5.82 Å². The molecule has 2 nitrogen and oxygen atoms in total. The van der Waals surface area contributed by atoms with Crippen LogP contribution in [0.1, 0.15) is 32.8 Å². The van der Waals surface area contributed by atoms with Crippen molar-refractivity contribution in [1.29, 1.82) is 0 Å². The van der Waals surface area contributed by atoms with E-state index in [2.05, 4.69) is 31.0 Å². The predicted octanol–water partition coefficient (Wildman–Crippen LogP) is 2.79. The van der Waals surface area contributed by atoms with Gasteiger partial charge in [0.05, 0.1) is 0 Å². The zero-order valence-electron chi connectivity index (χ0n) is 11.5. The molecule has 100 valence electrons. The molecule has 1 aromatic rings. The maximum atomic E-state index is 12.9. The summed E-state index contributed by atoms with van der Waals surface area (Å²) >= 11 is 0. The highest BCUT2D eigenvalue weighted by atomic mass is 19.1. The standard InChI is InChI=1S/C15H23FN2/c1-12-8-9-17-15(2,3)11-18(12)10-13-4-6-14(16)7-5-13/h4-7,12,17H,8-11H2,1-3H3. The zero-order chi connectivity index (χ0) is 13.2. The van der Waals surface area contributed by atoms with Gasteiger partial charge in [0.15, 0.2) is 0 Å². The van der Waals surface area contributed by atoms with Crippen LogP contribution < -0.4 is 5.32 Å². The van der Waals surface area contributed by atoms with Crippen LogP contribution in [0, 0.1) is 5.82 Å². The Kier molecular flexibility index (Phi) is 4.03. The van der Waals surface area contributed by atoms with Crippen molar-refractivity contribution in [3.05, 3.63) is 35.6 Å². The van der Waals surface area contributed by atoms with Gasteiger partial charge in [-0.2, -0.15) is 0 Å². The first-order valence-corrected chi connectivity index (χ1v) is 6.70. The monoisotopic (exact) mass is 250 g/mol. The number of benzene rings is 1. The van der Waals surface area contributed by atoms with E-state index >= 15 is 0 Å². The molecular weight excluding hydrogens is 227 g/mol. The Morgan fingerprint density at radius 3 is 2.67 bits per heavy atom. The number of rotatable bonds is 2. The second-order valence-corrected chi connectivity index (χ2v) is 5.98. The van der Waals surface area contributed by atoms with Crippen molar-refractivity contribution in [2.24, 2.45) is 0 Å². The van der Waals surface area contributed by atoms with Crippen LogP contribution in [0.5, 0.6) is 0 Å². The highest BCUT2D eigenvalue weighted by Crippen LogP contribution is 2.18. The molecule has 0 bridgehead atoms. The van der Waals surface area contributed by atoms with E-state index in [0.717, 1.165) is 26.1 Å². The van der Waals surface area contributed by atoms with Gasteiger partial charge >= 0.3 is 0 Å². The summed E-state index contributed by atoms with van der Waals surface area (Å²) in [6, 6.07) is 7.41. The minimum Gasteiger partial charge on any atom is -0.310 e. The van der Waals surface area contributed by atoms with Gasteiger partial charge in [0.2, 0.25) is 0 Å². The molecule has 0 saturated carbocycles. The van der Waals surface area contributed by atoms with Crippen LogP contribution in [-0.2, 0) is 6.54 Å². The molecule has 1 saturated heterocycles. The van der Waals surface area contributed by atoms with Gasteiger partial charge in [-0.15, -0.1) is 0 Å². The molecule has 1 aliphatic heterocycles. The summed E-state index contributed by atoms with van der Waals surface area (Å²) in [5.41, 5.74) is 1.33. The van der Waals surface area contributed by atoms with Crippen LogP contribution in [0.4, 0.5) is 4.39 Å². The summed E-state index contributed by atoms with van der Waals surface area (Å²) in [5.74, 6) is -0.162. The number of nitrogens with one attached hydrogen (secondary N) is 1. The van der Waals surface area contributed by atoms with Gasteiger partial charge in [-0.1, -0.05) is 12.1 Å². The van der Waals surface area contributed by atoms with Crippen molar-refractivity contribution in [2.75, 3.05) is 13.1 Å². The second kappa shape index (κ2) is 5.37. The van der Waals surface area contributed by atoms with Crippen LogP contribution in [0.25, 0.3) is 0 Å². The van der Waals surface area contributed by atoms with Crippen LogP contribution >= 0.6 is 0 Å². The van der Waals surface area contributed by atoms with Gasteiger partial charge in [-0.05, 0) is 51.4 Å². The van der Waals surface area contributed by atoms with Gasteiger partial charge in [0, 0.05) is 24.7 Å². The van der Waals surface area contributed by atoms with Crippen LogP contribution in [0.2, 0.25) is 0 Å². The van der Waals surface area contributed by atoms with Crippen molar-refractivity contribution < 1.29 is 4.39 Å². The molecule has 1 aliphatic rings. The first kappa shape index (κ1) is 13.5. The van der Waals surface area contributed by atoms with Crippen molar-refractivity contribution in [1.82, 2.24) is 10.2 Å². The summed E-state index contributed by atoms with van der Waals surface area (Å²) in [6.45, 7) is 9.73. The molecule has 0 radical (unpaired) electrons. The third-order valence-electron chi connectivity index (χ3n) is 3.69. The Hall–Kier alpha value is -0.930. The predicted molar refractivity (Wildman–Crippen MR) is 73.0 cm³/mol. The van der Waals surface area contributed by atoms with Crippen LogP contribution in [0.15, 0.2) is 24.3 Å². The number of nitrogens with zero attached hydrogens (tertiary/aromatic N) is 1. The maximum Gasteiger partial charge on any atom is 0.123 e. The van der Waals surface area contributed by atoms with Crippen molar-refractivity contribution in [3.63, 3.8) is 0 Å². The minimum atomic E-state index is -0.162. The molecule has 2 rings (SSSR count). The second-order valence-electron chi connectivity index (χ2n) is 5.98. The fraction of sp³-hybridized carbons (Fsp3) is 0.600. The van der Waals surface area contributed by atoms with E-state index < -0.39 is 0 Å². The van der Waals surface area contributed by atoms with E-state index in [1.165, 1.54) is 5.56 Å². The Balaban J connectivity index is 2.07. The number of halogens is 1. The third-order valence-corrected chi connectivity index (χ3v) is 3.69. The number of hydrogen-bond donors (Lipinski definition) is 1. The molecule has 0 spiro atoms. The summed E-state index contributed by atoms with van der Waals surface area (Å²) in [7, 11) is 0. The quantitative estimate of drug-likeness (QED) is 0.868. The molecule has 1 unspecified atom stereocenters. The molecule has 1 heterocycles. The summed E-state index contributed by atoms with van der Waals surface area (Å²) in [6.07, 6.45) is 1.16. The first-order chi connectivity index (χ1) is 8.46. The molecular formula is C15H23FN2. The maximum absolute atomic E-state index is 12.9. The van der Waals surface area contributed by atoms with Gasteiger partial charge in [0.25, 0.3) is 0 Å². The molecule has 0 amide bonds. The largest absolute Gasteiger partial charge is 0.310 e. The van der Waals surface area contributed by atoms with Gasteiger partial charge in [-0.3, -0.25) is 4.90 Å². The molecule has 1 N–H and O–H groups in total. The van der Waals surface area contributed by atoms with E-state index in [4.69, 9.17) is 0 Å². The topological polar surface area (TPSA) is 15.3 Å². The minimum absolute atomic E-state index is 0.144. The fourth-order valence-corrected chi connectivity index (χ4v) is 2.56. The summed E-state index contributed by atoms with van der Waals surface area (Å²) in [5, 5.41) is 3.57. The van der Waals surface area contributed by atoms with Crippen LogP contribution in [-0.4, -0.2) is 29.6 Å². The molecule has 1 atom stereocenters. The highest BCUT2D eigenvalue weighted by molar-refractivity contribution is 5.16. The van der Waals surface area contributed by atoms with Crippen molar-refractivity contribution in [2.45, 2.75) is 45.3 Å². The molecule has 3 heteroatoms.